The summed E-state index contributed by atoms with van der Waals surface area (Å²) in [5.74, 6) is 0.713. The van der Waals surface area contributed by atoms with E-state index in [1.54, 1.807) is 19.4 Å². The van der Waals surface area contributed by atoms with Gasteiger partial charge < -0.3 is 15.4 Å². The van der Waals surface area contributed by atoms with Crippen LogP contribution in [0.5, 0.6) is 5.75 Å². The van der Waals surface area contributed by atoms with Crippen molar-refractivity contribution in [2.24, 2.45) is 0 Å². The van der Waals surface area contributed by atoms with Crippen molar-refractivity contribution in [3.8, 4) is 5.75 Å². The van der Waals surface area contributed by atoms with Gasteiger partial charge in [0.2, 0.25) is 0 Å². The predicted octanol–water partition coefficient (Wildman–Crippen LogP) is 4.32. The summed E-state index contributed by atoms with van der Waals surface area (Å²) in [5.41, 5.74) is 3.91. The number of nitrogens with one attached hydrogen (secondary N) is 2. The number of amides is 1. The SMILES string of the molecule is COc1ccc(CNc2ccnc(C(=O)NCCC3=CCCCC3)c2)cc1. The number of carbonyl (C=O) groups excluding carboxylic acids is 1. The van der Waals surface area contributed by atoms with Crippen molar-refractivity contribution in [3.63, 3.8) is 0 Å². The minimum Gasteiger partial charge on any atom is -0.497 e. The van der Waals surface area contributed by atoms with E-state index in [2.05, 4.69) is 21.7 Å². The highest BCUT2D eigenvalue weighted by Crippen LogP contribution is 2.19. The first kappa shape index (κ1) is 19.0. The van der Waals surface area contributed by atoms with Crippen LogP contribution in [0.25, 0.3) is 0 Å². The molecule has 1 aromatic carbocycles. The topological polar surface area (TPSA) is 63.2 Å². The van der Waals surface area contributed by atoms with Crippen LogP contribution in [0.1, 0.15) is 48.2 Å². The Balaban J connectivity index is 1.49. The van der Waals surface area contributed by atoms with E-state index < -0.39 is 0 Å². The zero-order valence-corrected chi connectivity index (χ0v) is 15.8. The molecule has 1 aromatic heterocycles. The molecule has 0 saturated carbocycles. The van der Waals surface area contributed by atoms with Gasteiger partial charge in [0, 0.05) is 25.0 Å². The molecule has 27 heavy (non-hydrogen) atoms. The van der Waals surface area contributed by atoms with E-state index in [1.165, 1.54) is 31.3 Å². The molecule has 1 heterocycles. The van der Waals surface area contributed by atoms with Crippen LogP contribution in [0, 0.1) is 0 Å². The first-order valence-electron chi connectivity index (χ1n) is 9.53. The number of hydrogen-bond acceptors (Lipinski definition) is 4. The molecule has 0 fully saturated rings. The molecule has 1 aliphatic carbocycles. The number of hydrogen-bond donors (Lipinski definition) is 2. The monoisotopic (exact) mass is 365 g/mol. The Labute approximate surface area is 160 Å². The van der Waals surface area contributed by atoms with Gasteiger partial charge in [0.15, 0.2) is 0 Å². The van der Waals surface area contributed by atoms with E-state index in [0.717, 1.165) is 23.4 Å². The van der Waals surface area contributed by atoms with Crippen molar-refractivity contribution in [3.05, 3.63) is 65.5 Å². The molecule has 0 bridgehead atoms. The predicted molar refractivity (Wildman–Crippen MR) is 108 cm³/mol. The highest BCUT2D eigenvalue weighted by atomic mass is 16.5. The Bertz CT molecular complexity index is 784. The van der Waals surface area contributed by atoms with E-state index in [9.17, 15) is 4.79 Å². The molecule has 0 spiro atoms. The Morgan fingerprint density at radius 1 is 1.19 bits per heavy atom. The number of ether oxygens (including phenoxy) is 1. The fraction of sp³-hybridized carbons (Fsp3) is 0.364. The quantitative estimate of drug-likeness (QED) is 0.684. The molecule has 0 saturated heterocycles. The van der Waals surface area contributed by atoms with Crippen LogP contribution >= 0.6 is 0 Å². The van der Waals surface area contributed by atoms with Gasteiger partial charge in [-0.2, -0.15) is 0 Å². The summed E-state index contributed by atoms with van der Waals surface area (Å²) in [7, 11) is 1.66. The zero-order valence-electron chi connectivity index (χ0n) is 15.8. The van der Waals surface area contributed by atoms with Gasteiger partial charge in [0.1, 0.15) is 11.4 Å². The molecule has 1 aliphatic rings. The van der Waals surface area contributed by atoms with Crippen LogP contribution in [0.3, 0.4) is 0 Å². The average molecular weight is 365 g/mol. The smallest absolute Gasteiger partial charge is 0.269 e. The van der Waals surface area contributed by atoms with Crippen LogP contribution < -0.4 is 15.4 Å². The zero-order chi connectivity index (χ0) is 18.9. The van der Waals surface area contributed by atoms with Crippen LogP contribution in [0.4, 0.5) is 5.69 Å². The van der Waals surface area contributed by atoms with Gasteiger partial charge in [0.05, 0.1) is 7.11 Å². The summed E-state index contributed by atoms with van der Waals surface area (Å²) < 4.78 is 5.17. The maximum atomic E-state index is 12.3. The first-order valence-corrected chi connectivity index (χ1v) is 9.53. The van der Waals surface area contributed by atoms with Crippen LogP contribution in [0.2, 0.25) is 0 Å². The van der Waals surface area contributed by atoms with Crippen LogP contribution in [0.15, 0.2) is 54.2 Å². The number of carbonyl (C=O) groups is 1. The molecule has 0 aliphatic heterocycles. The van der Waals surface area contributed by atoms with Crippen LogP contribution in [-0.4, -0.2) is 24.5 Å². The lowest BCUT2D eigenvalue weighted by molar-refractivity contribution is 0.0949. The van der Waals surface area contributed by atoms with Crippen molar-refractivity contribution in [1.82, 2.24) is 10.3 Å². The number of nitrogens with zero attached hydrogens (tertiary/aromatic N) is 1. The number of rotatable bonds is 8. The molecule has 0 atom stereocenters. The summed E-state index contributed by atoms with van der Waals surface area (Å²) in [4.78, 5) is 16.5. The second-order valence-electron chi connectivity index (χ2n) is 6.75. The largest absolute Gasteiger partial charge is 0.497 e. The highest BCUT2D eigenvalue weighted by Gasteiger charge is 2.09. The van der Waals surface area contributed by atoms with Gasteiger partial charge in [-0.15, -0.1) is 0 Å². The molecule has 0 unspecified atom stereocenters. The summed E-state index contributed by atoms with van der Waals surface area (Å²) in [6, 6.07) is 11.6. The Kier molecular flexibility index (Phi) is 6.85. The maximum Gasteiger partial charge on any atom is 0.269 e. The minimum atomic E-state index is -0.125. The molecule has 2 aromatic rings. The lowest BCUT2D eigenvalue weighted by atomic mass is 9.97. The molecule has 0 radical (unpaired) electrons. The molecular weight excluding hydrogens is 338 g/mol. The molecule has 5 nitrogen and oxygen atoms in total. The number of anilines is 1. The van der Waals surface area contributed by atoms with Crippen molar-refractivity contribution in [2.45, 2.75) is 38.6 Å². The minimum absolute atomic E-state index is 0.125. The summed E-state index contributed by atoms with van der Waals surface area (Å²) >= 11 is 0. The third-order valence-electron chi connectivity index (χ3n) is 4.76. The lowest BCUT2D eigenvalue weighted by Crippen LogP contribution is -2.25. The number of allylic oxidation sites excluding steroid dienone is 1. The van der Waals surface area contributed by atoms with Crippen molar-refractivity contribution in [1.29, 1.82) is 0 Å². The first-order chi connectivity index (χ1) is 13.2. The summed E-state index contributed by atoms with van der Waals surface area (Å²) in [5, 5.41) is 6.31. The van der Waals surface area contributed by atoms with Crippen molar-refractivity contribution in [2.75, 3.05) is 19.0 Å². The third kappa shape index (κ3) is 5.84. The maximum absolute atomic E-state index is 12.3. The van der Waals surface area contributed by atoms with Crippen molar-refractivity contribution >= 4 is 11.6 Å². The van der Waals surface area contributed by atoms with Gasteiger partial charge in [-0.1, -0.05) is 23.8 Å². The Morgan fingerprint density at radius 2 is 2.04 bits per heavy atom. The van der Waals surface area contributed by atoms with Gasteiger partial charge in [-0.05, 0) is 61.9 Å². The Morgan fingerprint density at radius 3 is 2.78 bits per heavy atom. The number of benzene rings is 1. The number of pyridine rings is 1. The normalized spacial score (nSPS) is 13.6. The van der Waals surface area contributed by atoms with E-state index in [1.807, 2.05) is 30.3 Å². The fourth-order valence-corrected chi connectivity index (χ4v) is 3.17. The lowest BCUT2D eigenvalue weighted by Gasteiger charge is -2.13. The Hall–Kier alpha value is -2.82. The van der Waals surface area contributed by atoms with Gasteiger partial charge in [0.25, 0.3) is 5.91 Å². The molecular formula is C22H27N3O2. The molecule has 2 N–H and O–H groups in total. The summed E-state index contributed by atoms with van der Waals surface area (Å²) in [6.45, 7) is 1.33. The molecule has 142 valence electrons. The summed E-state index contributed by atoms with van der Waals surface area (Å²) in [6.07, 6.45) is 9.80. The van der Waals surface area contributed by atoms with E-state index >= 15 is 0 Å². The van der Waals surface area contributed by atoms with E-state index in [4.69, 9.17) is 4.74 Å². The van der Waals surface area contributed by atoms with Crippen molar-refractivity contribution < 1.29 is 9.53 Å². The number of aromatic nitrogens is 1. The molecule has 5 heteroatoms. The second-order valence-corrected chi connectivity index (χ2v) is 6.75. The number of methoxy groups -OCH3 is 1. The van der Waals surface area contributed by atoms with E-state index in [0.29, 0.717) is 18.8 Å². The molecule has 1 amide bonds. The highest BCUT2D eigenvalue weighted by molar-refractivity contribution is 5.93. The second kappa shape index (κ2) is 9.76. The average Bonchev–Trinajstić information content (AvgIpc) is 2.73. The van der Waals surface area contributed by atoms with Crippen LogP contribution in [-0.2, 0) is 6.54 Å². The van der Waals surface area contributed by atoms with Gasteiger partial charge in [-0.3, -0.25) is 9.78 Å². The fourth-order valence-electron chi connectivity index (χ4n) is 3.17. The third-order valence-corrected chi connectivity index (χ3v) is 4.76. The van der Waals surface area contributed by atoms with Gasteiger partial charge in [-0.25, -0.2) is 0 Å². The standard InChI is InChI=1S/C22H27N3O2/c1-27-20-9-7-18(8-10-20)16-25-19-12-14-23-21(15-19)22(26)24-13-11-17-5-3-2-4-6-17/h5,7-10,12,14-15H,2-4,6,11,13,16H2,1H3,(H,23,25)(H,24,26). The molecule has 3 rings (SSSR count). The van der Waals surface area contributed by atoms with E-state index in [-0.39, 0.29) is 5.91 Å². The van der Waals surface area contributed by atoms with Gasteiger partial charge >= 0.3 is 0 Å².